The smallest absolute Gasteiger partial charge is 0.248 e. The van der Waals surface area contributed by atoms with Crippen LogP contribution in [0.25, 0.3) is 22.0 Å². The van der Waals surface area contributed by atoms with Crippen molar-refractivity contribution in [1.82, 2.24) is 9.97 Å². The number of nitrogen functional groups attached to an aromatic ring is 2. The molecular weight excluding hydrogens is 280 g/mol. The molecular formula is C15H14N6O. The molecule has 0 aliphatic carbocycles. The first kappa shape index (κ1) is 13.8. The molecule has 3 aromatic rings. The van der Waals surface area contributed by atoms with Crippen LogP contribution in [0.4, 0.5) is 11.8 Å². The summed E-state index contributed by atoms with van der Waals surface area (Å²) >= 11 is 0. The lowest BCUT2D eigenvalue weighted by molar-refractivity contribution is 0.100. The van der Waals surface area contributed by atoms with Crippen LogP contribution in [0.5, 0.6) is 0 Å². The van der Waals surface area contributed by atoms with Crippen LogP contribution < -0.4 is 22.7 Å². The lowest BCUT2D eigenvalue weighted by atomic mass is 10.0. The molecule has 0 spiro atoms. The lowest BCUT2D eigenvalue weighted by Crippen LogP contribution is -2.11. The molecule has 0 atom stereocenters. The number of amides is 1. The van der Waals surface area contributed by atoms with E-state index in [1.54, 1.807) is 18.2 Å². The van der Waals surface area contributed by atoms with Gasteiger partial charge in [0.1, 0.15) is 0 Å². The molecule has 1 heterocycles. The Bertz CT molecular complexity index is 877. The van der Waals surface area contributed by atoms with E-state index in [0.29, 0.717) is 16.9 Å². The van der Waals surface area contributed by atoms with Crippen LogP contribution in [0.2, 0.25) is 0 Å². The standard InChI is InChI=1S/C15H14N6O/c16-13(22)10-3-1-2-8(6-10)9-4-5-12-11(7-9)14(21-18)20-15(17)19-12/h1-7H,18H2,(H2,16,22)(H3,17,19,20,21). The Labute approximate surface area is 126 Å². The van der Waals surface area contributed by atoms with Gasteiger partial charge in [-0.1, -0.05) is 18.2 Å². The highest BCUT2D eigenvalue weighted by atomic mass is 16.1. The fraction of sp³-hybridized carbons (Fsp3) is 0. The first-order valence-electron chi connectivity index (χ1n) is 6.52. The summed E-state index contributed by atoms with van der Waals surface area (Å²) in [4.78, 5) is 19.5. The predicted molar refractivity (Wildman–Crippen MR) is 85.7 cm³/mol. The average molecular weight is 294 g/mol. The number of carbonyl (C=O) groups is 1. The Balaban J connectivity index is 2.18. The molecule has 22 heavy (non-hydrogen) atoms. The van der Waals surface area contributed by atoms with E-state index in [0.717, 1.165) is 16.5 Å². The van der Waals surface area contributed by atoms with Crippen molar-refractivity contribution in [3.63, 3.8) is 0 Å². The zero-order chi connectivity index (χ0) is 15.7. The maximum absolute atomic E-state index is 11.3. The van der Waals surface area contributed by atoms with Gasteiger partial charge >= 0.3 is 0 Å². The molecule has 0 aliphatic rings. The summed E-state index contributed by atoms with van der Waals surface area (Å²) in [6.45, 7) is 0. The largest absolute Gasteiger partial charge is 0.368 e. The summed E-state index contributed by atoms with van der Waals surface area (Å²) < 4.78 is 0. The van der Waals surface area contributed by atoms with Crippen LogP contribution in [0.1, 0.15) is 10.4 Å². The average Bonchev–Trinajstić information content (AvgIpc) is 2.53. The third kappa shape index (κ3) is 2.40. The maximum atomic E-state index is 11.3. The van der Waals surface area contributed by atoms with Crippen LogP contribution in [0, 0.1) is 0 Å². The van der Waals surface area contributed by atoms with Crippen molar-refractivity contribution in [3.05, 3.63) is 48.0 Å². The summed E-state index contributed by atoms with van der Waals surface area (Å²) in [5, 5.41) is 0.735. The van der Waals surface area contributed by atoms with E-state index >= 15 is 0 Å². The second-order valence-electron chi connectivity index (χ2n) is 4.75. The first-order valence-corrected chi connectivity index (χ1v) is 6.52. The highest BCUT2D eigenvalue weighted by Crippen LogP contribution is 2.28. The summed E-state index contributed by atoms with van der Waals surface area (Å²) in [7, 11) is 0. The predicted octanol–water partition coefficient (Wildman–Crippen LogP) is 1.26. The summed E-state index contributed by atoms with van der Waals surface area (Å²) in [6.07, 6.45) is 0. The molecule has 7 N–H and O–H groups in total. The summed E-state index contributed by atoms with van der Waals surface area (Å²) in [5.41, 5.74) is 16.3. The van der Waals surface area contributed by atoms with Gasteiger partial charge in [-0.3, -0.25) is 4.79 Å². The van der Waals surface area contributed by atoms with Gasteiger partial charge in [-0.05, 0) is 35.4 Å². The van der Waals surface area contributed by atoms with Crippen LogP contribution in [0.3, 0.4) is 0 Å². The number of nitrogens with two attached hydrogens (primary N) is 3. The van der Waals surface area contributed by atoms with E-state index in [1.165, 1.54) is 0 Å². The fourth-order valence-electron chi connectivity index (χ4n) is 2.29. The quantitative estimate of drug-likeness (QED) is 0.424. The molecule has 0 unspecified atom stereocenters. The highest BCUT2D eigenvalue weighted by Gasteiger charge is 2.08. The first-order chi connectivity index (χ1) is 10.6. The molecule has 2 aromatic carbocycles. The van der Waals surface area contributed by atoms with Gasteiger partial charge in [-0.2, -0.15) is 4.98 Å². The minimum Gasteiger partial charge on any atom is -0.368 e. The third-order valence-electron chi connectivity index (χ3n) is 3.33. The maximum Gasteiger partial charge on any atom is 0.248 e. The molecule has 7 nitrogen and oxygen atoms in total. The number of nitrogens with one attached hydrogen (secondary N) is 1. The van der Waals surface area contributed by atoms with Gasteiger partial charge in [-0.15, -0.1) is 0 Å². The van der Waals surface area contributed by atoms with Crippen LogP contribution in [-0.4, -0.2) is 15.9 Å². The molecule has 0 bridgehead atoms. The number of hydrogen-bond acceptors (Lipinski definition) is 6. The number of hydrogen-bond donors (Lipinski definition) is 4. The minimum absolute atomic E-state index is 0.143. The normalized spacial score (nSPS) is 10.6. The number of primary amides is 1. The lowest BCUT2D eigenvalue weighted by Gasteiger charge is -2.08. The molecule has 0 aliphatic heterocycles. The van der Waals surface area contributed by atoms with Gasteiger partial charge < -0.3 is 16.9 Å². The van der Waals surface area contributed by atoms with Crippen molar-refractivity contribution in [2.75, 3.05) is 11.2 Å². The van der Waals surface area contributed by atoms with E-state index in [1.807, 2.05) is 24.3 Å². The molecule has 0 fully saturated rings. The Morgan fingerprint density at radius 1 is 1.05 bits per heavy atom. The van der Waals surface area contributed by atoms with E-state index in [2.05, 4.69) is 15.4 Å². The molecule has 110 valence electrons. The van der Waals surface area contributed by atoms with Crippen LogP contribution in [-0.2, 0) is 0 Å². The molecule has 0 saturated heterocycles. The van der Waals surface area contributed by atoms with Crippen molar-refractivity contribution in [1.29, 1.82) is 0 Å². The van der Waals surface area contributed by atoms with Gasteiger partial charge in [0.05, 0.1) is 5.52 Å². The second kappa shape index (κ2) is 5.30. The number of rotatable bonds is 3. The van der Waals surface area contributed by atoms with Gasteiger partial charge in [0.25, 0.3) is 0 Å². The molecule has 1 amide bonds. The Kier molecular flexibility index (Phi) is 3.32. The summed E-state index contributed by atoms with van der Waals surface area (Å²) in [6, 6.07) is 12.7. The zero-order valence-corrected chi connectivity index (χ0v) is 11.6. The number of fused-ring (bicyclic) bond motifs is 1. The monoisotopic (exact) mass is 294 g/mol. The van der Waals surface area contributed by atoms with E-state index < -0.39 is 5.91 Å². The van der Waals surface area contributed by atoms with Crippen LogP contribution >= 0.6 is 0 Å². The number of anilines is 2. The van der Waals surface area contributed by atoms with Crippen molar-refractivity contribution >= 4 is 28.6 Å². The number of hydrazine groups is 1. The topological polar surface area (TPSA) is 133 Å². The minimum atomic E-state index is -0.469. The molecule has 1 aromatic heterocycles. The van der Waals surface area contributed by atoms with Crippen LogP contribution in [0.15, 0.2) is 42.5 Å². The Hall–Kier alpha value is -3.19. The second-order valence-corrected chi connectivity index (χ2v) is 4.75. The summed E-state index contributed by atoms with van der Waals surface area (Å²) in [5.74, 6) is 5.59. The number of benzene rings is 2. The Morgan fingerprint density at radius 2 is 1.82 bits per heavy atom. The van der Waals surface area contributed by atoms with Crippen molar-refractivity contribution < 1.29 is 4.79 Å². The molecule has 3 rings (SSSR count). The zero-order valence-electron chi connectivity index (χ0n) is 11.6. The Morgan fingerprint density at radius 3 is 2.55 bits per heavy atom. The van der Waals surface area contributed by atoms with Gasteiger partial charge in [0.2, 0.25) is 11.9 Å². The molecule has 7 heteroatoms. The van der Waals surface area contributed by atoms with Crippen molar-refractivity contribution in [2.24, 2.45) is 11.6 Å². The van der Waals surface area contributed by atoms with E-state index in [-0.39, 0.29) is 5.95 Å². The van der Waals surface area contributed by atoms with Gasteiger partial charge in [-0.25, -0.2) is 10.8 Å². The van der Waals surface area contributed by atoms with Gasteiger partial charge in [0, 0.05) is 10.9 Å². The SMILES string of the molecule is NNc1nc(N)nc2ccc(-c3cccc(C(N)=O)c3)cc12. The van der Waals surface area contributed by atoms with E-state index in [4.69, 9.17) is 17.3 Å². The third-order valence-corrected chi connectivity index (χ3v) is 3.33. The van der Waals surface area contributed by atoms with Crippen molar-refractivity contribution in [3.8, 4) is 11.1 Å². The van der Waals surface area contributed by atoms with Gasteiger partial charge in [0.15, 0.2) is 5.82 Å². The van der Waals surface area contributed by atoms with E-state index in [9.17, 15) is 4.79 Å². The molecule has 0 saturated carbocycles. The number of nitrogens with zero attached hydrogens (tertiary/aromatic N) is 2. The number of aromatic nitrogens is 2. The van der Waals surface area contributed by atoms with Crippen molar-refractivity contribution in [2.45, 2.75) is 0 Å². The molecule has 0 radical (unpaired) electrons. The number of carbonyl (C=O) groups excluding carboxylic acids is 1. The fourth-order valence-corrected chi connectivity index (χ4v) is 2.29. The highest BCUT2D eigenvalue weighted by molar-refractivity contribution is 5.96.